The van der Waals surface area contributed by atoms with Crippen molar-refractivity contribution in [2.75, 3.05) is 5.32 Å². The second kappa shape index (κ2) is 5.91. The topological polar surface area (TPSA) is 42.0 Å². The Kier molecular flexibility index (Phi) is 4.03. The Morgan fingerprint density at radius 3 is 2.68 bits per heavy atom. The van der Waals surface area contributed by atoms with Gasteiger partial charge in [0.2, 0.25) is 5.91 Å². The maximum atomic E-state index is 12.7. The van der Waals surface area contributed by atoms with Crippen LogP contribution < -0.4 is 5.32 Å². The fraction of sp³-hybridized carbons (Fsp3) is 0.0667. The van der Waals surface area contributed by atoms with Crippen molar-refractivity contribution in [3.05, 3.63) is 65.7 Å². The van der Waals surface area contributed by atoms with Crippen LogP contribution in [0, 0.1) is 12.7 Å². The van der Waals surface area contributed by atoms with Crippen LogP contribution in [-0.2, 0) is 4.79 Å². The molecule has 0 aliphatic carbocycles. The average molecular weight is 256 g/mol. The van der Waals surface area contributed by atoms with Crippen molar-refractivity contribution in [3.63, 3.8) is 0 Å². The van der Waals surface area contributed by atoms with Crippen LogP contribution in [0.3, 0.4) is 0 Å². The molecule has 0 saturated carbocycles. The SMILES string of the molecule is Cc1cnccc1NC(=O)/C=C\c1ccc(F)cc1. The van der Waals surface area contributed by atoms with Gasteiger partial charge in [0.1, 0.15) is 5.82 Å². The second-order valence-electron chi connectivity index (χ2n) is 4.06. The predicted molar refractivity (Wildman–Crippen MR) is 73.0 cm³/mol. The molecule has 2 aromatic rings. The van der Waals surface area contributed by atoms with E-state index >= 15 is 0 Å². The summed E-state index contributed by atoms with van der Waals surface area (Å²) >= 11 is 0. The van der Waals surface area contributed by atoms with Crippen LogP contribution >= 0.6 is 0 Å². The third-order valence-electron chi connectivity index (χ3n) is 2.58. The van der Waals surface area contributed by atoms with E-state index in [1.54, 1.807) is 36.7 Å². The molecule has 0 radical (unpaired) electrons. The van der Waals surface area contributed by atoms with Gasteiger partial charge in [-0.25, -0.2) is 4.39 Å². The van der Waals surface area contributed by atoms with Crippen LogP contribution in [-0.4, -0.2) is 10.9 Å². The van der Waals surface area contributed by atoms with Gasteiger partial charge in [0.05, 0.1) is 0 Å². The van der Waals surface area contributed by atoms with E-state index in [0.29, 0.717) is 0 Å². The van der Waals surface area contributed by atoms with Crippen LogP contribution in [0.5, 0.6) is 0 Å². The maximum absolute atomic E-state index is 12.7. The van der Waals surface area contributed by atoms with Gasteiger partial charge in [0, 0.05) is 24.2 Å². The van der Waals surface area contributed by atoms with Crippen molar-refractivity contribution < 1.29 is 9.18 Å². The maximum Gasteiger partial charge on any atom is 0.248 e. The normalized spacial score (nSPS) is 10.6. The van der Waals surface area contributed by atoms with Crippen molar-refractivity contribution in [2.45, 2.75) is 6.92 Å². The first-order valence-corrected chi connectivity index (χ1v) is 5.80. The summed E-state index contributed by atoms with van der Waals surface area (Å²) in [6, 6.07) is 7.65. The van der Waals surface area contributed by atoms with E-state index in [-0.39, 0.29) is 11.7 Å². The van der Waals surface area contributed by atoms with Crippen LogP contribution in [0.25, 0.3) is 6.08 Å². The highest BCUT2D eigenvalue weighted by molar-refractivity contribution is 6.02. The van der Waals surface area contributed by atoms with Crippen molar-refractivity contribution >= 4 is 17.7 Å². The number of anilines is 1. The quantitative estimate of drug-likeness (QED) is 0.857. The van der Waals surface area contributed by atoms with Crippen molar-refractivity contribution in [3.8, 4) is 0 Å². The molecule has 0 atom stereocenters. The van der Waals surface area contributed by atoms with E-state index in [2.05, 4.69) is 10.3 Å². The molecule has 1 N–H and O–H groups in total. The number of aromatic nitrogens is 1. The minimum Gasteiger partial charge on any atom is -0.322 e. The number of carbonyl (C=O) groups is 1. The first kappa shape index (κ1) is 13.0. The van der Waals surface area contributed by atoms with Crippen LogP contribution in [0.1, 0.15) is 11.1 Å². The summed E-state index contributed by atoms with van der Waals surface area (Å²) in [6.07, 6.45) is 6.34. The lowest BCUT2D eigenvalue weighted by molar-refractivity contribution is -0.111. The highest BCUT2D eigenvalue weighted by Crippen LogP contribution is 2.11. The summed E-state index contributed by atoms with van der Waals surface area (Å²) < 4.78 is 12.7. The summed E-state index contributed by atoms with van der Waals surface area (Å²) in [5.74, 6) is -0.535. The number of carbonyl (C=O) groups excluding carboxylic acids is 1. The van der Waals surface area contributed by atoms with E-state index < -0.39 is 0 Å². The van der Waals surface area contributed by atoms with Crippen molar-refractivity contribution in [2.24, 2.45) is 0 Å². The van der Waals surface area contributed by atoms with Gasteiger partial charge in [-0.3, -0.25) is 9.78 Å². The number of halogens is 1. The Morgan fingerprint density at radius 2 is 2.00 bits per heavy atom. The van der Waals surface area contributed by atoms with Gasteiger partial charge >= 0.3 is 0 Å². The molecule has 1 aromatic heterocycles. The van der Waals surface area contributed by atoms with Gasteiger partial charge < -0.3 is 5.32 Å². The van der Waals surface area contributed by atoms with Gasteiger partial charge in [-0.15, -0.1) is 0 Å². The number of aryl methyl sites for hydroxylation is 1. The number of pyridine rings is 1. The number of nitrogens with one attached hydrogen (secondary N) is 1. The molecule has 0 unspecified atom stereocenters. The van der Waals surface area contributed by atoms with Crippen LogP contribution in [0.4, 0.5) is 10.1 Å². The number of benzene rings is 1. The summed E-state index contributed by atoms with van der Waals surface area (Å²) in [4.78, 5) is 15.7. The Labute approximate surface area is 110 Å². The first-order chi connectivity index (χ1) is 9.15. The third-order valence-corrected chi connectivity index (χ3v) is 2.58. The lowest BCUT2D eigenvalue weighted by atomic mass is 10.2. The van der Waals surface area contributed by atoms with E-state index in [1.807, 2.05) is 6.92 Å². The largest absolute Gasteiger partial charge is 0.322 e. The molecule has 0 aliphatic heterocycles. The Hall–Kier alpha value is -2.49. The standard InChI is InChI=1S/C15H13FN2O/c1-11-10-17-9-8-14(11)18-15(19)7-4-12-2-5-13(16)6-3-12/h2-10H,1H3,(H,17,18,19)/b7-4-. The third kappa shape index (κ3) is 3.74. The highest BCUT2D eigenvalue weighted by Gasteiger charge is 2.00. The zero-order valence-corrected chi connectivity index (χ0v) is 10.4. The molecule has 0 aliphatic rings. The summed E-state index contributed by atoms with van der Waals surface area (Å²) in [5.41, 5.74) is 2.39. The second-order valence-corrected chi connectivity index (χ2v) is 4.06. The van der Waals surface area contributed by atoms with Gasteiger partial charge in [-0.1, -0.05) is 12.1 Å². The molecule has 2 rings (SSSR count). The minimum atomic E-state index is -0.297. The van der Waals surface area contributed by atoms with E-state index in [1.165, 1.54) is 18.2 Å². The fourth-order valence-corrected chi connectivity index (χ4v) is 1.53. The van der Waals surface area contributed by atoms with Crippen LogP contribution in [0.15, 0.2) is 48.8 Å². The number of hydrogen-bond donors (Lipinski definition) is 1. The Balaban J connectivity index is 2.02. The molecule has 96 valence electrons. The van der Waals surface area contributed by atoms with Gasteiger partial charge in [-0.05, 0) is 42.3 Å². The Bertz CT molecular complexity index is 606. The molecular formula is C15H13FN2O. The number of hydrogen-bond acceptors (Lipinski definition) is 2. The Morgan fingerprint density at radius 1 is 1.26 bits per heavy atom. The molecule has 19 heavy (non-hydrogen) atoms. The smallest absolute Gasteiger partial charge is 0.248 e. The molecule has 0 spiro atoms. The number of rotatable bonds is 3. The van der Waals surface area contributed by atoms with Crippen molar-refractivity contribution in [1.29, 1.82) is 0 Å². The molecule has 1 heterocycles. The monoisotopic (exact) mass is 256 g/mol. The molecular weight excluding hydrogens is 243 g/mol. The summed E-state index contributed by atoms with van der Waals surface area (Å²) in [6.45, 7) is 1.87. The van der Waals surface area contributed by atoms with E-state index in [4.69, 9.17) is 0 Å². The summed E-state index contributed by atoms with van der Waals surface area (Å²) in [5, 5.41) is 2.75. The molecule has 1 amide bonds. The molecule has 3 nitrogen and oxygen atoms in total. The van der Waals surface area contributed by atoms with Gasteiger partial charge in [0.25, 0.3) is 0 Å². The molecule has 0 saturated heterocycles. The highest BCUT2D eigenvalue weighted by atomic mass is 19.1. The van der Waals surface area contributed by atoms with Crippen molar-refractivity contribution in [1.82, 2.24) is 4.98 Å². The minimum absolute atomic E-state index is 0.237. The molecule has 4 heteroatoms. The molecule has 1 aromatic carbocycles. The molecule has 0 fully saturated rings. The van der Waals surface area contributed by atoms with E-state index in [9.17, 15) is 9.18 Å². The fourth-order valence-electron chi connectivity index (χ4n) is 1.53. The van der Waals surface area contributed by atoms with Gasteiger partial charge in [-0.2, -0.15) is 0 Å². The zero-order chi connectivity index (χ0) is 13.7. The number of amides is 1. The lowest BCUT2D eigenvalue weighted by Crippen LogP contribution is -2.08. The van der Waals surface area contributed by atoms with Gasteiger partial charge in [0.15, 0.2) is 0 Å². The average Bonchev–Trinajstić information content (AvgIpc) is 2.41. The summed E-state index contributed by atoms with van der Waals surface area (Å²) in [7, 11) is 0. The molecule has 0 bridgehead atoms. The zero-order valence-electron chi connectivity index (χ0n) is 10.4. The number of nitrogens with zero attached hydrogens (tertiary/aromatic N) is 1. The van der Waals surface area contributed by atoms with Crippen LogP contribution in [0.2, 0.25) is 0 Å². The van der Waals surface area contributed by atoms with E-state index in [0.717, 1.165) is 16.8 Å². The lowest BCUT2D eigenvalue weighted by Gasteiger charge is -2.04. The first-order valence-electron chi connectivity index (χ1n) is 5.80. The predicted octanol–water partition coefficient (Wildman–Crippen LogP) is 3.18.